The molecule has 10 heteroatoms. The molecule has 0 atom stereocenters. The Bertz CT molecular complexity index is 1100. The van der Waals surface area contributed by atoms with Crippen molar-refractivity contribution in [1.29, 1.82) is 0 Å². The molecule has 3 heterocycles. The molecule has 0 aliphatic carbocycles. The van der Waals surface area contributed by atoms with Gasteiger partial charge in [0.1, 0.15) is 11.5 Å². The number of thiophene rings is 1. The quantitative estimate of drug-likeness (QED) is 0.424. The first-order valence-electron chi connectivity index (χ1n) is 11.1. The van der Waals surface area contributed by atoms with Crippen molar-refractivity contribution < 1.29 is 4.52 Å². The van der Waals surface area contributed by atoms with Crippen molar-refractivity contribution in [1.82, 2.24) is 19.7 Å². The van der Waals surface area contributed by atoms with Gasteiger partial charge >= 0.3 is 5.69 Å². The van der Waals surface area contributed by atoms with E-state index in [9.17, 15) is 9.59 Å². The summed E-state index contributed by atoms with van der Waals surface area (Å²) in [5.74, 6) is 1.85. The third kappa shape index (κ3) is 5.87. The number of hydrogen-bond donors (Lipinski definition) is 2. The summed E-state index contributed by atoms with van der Waals surface area (Å²) in [6.07, 6.45) is 3.93. The molecule has 3 N–H and O–H groups in total. The molecule has 0 aliphatic heterocycles. The summed E-state index contributed by atoms with van der Waals surface area (Å²) in [6.45, 7) is 8.06. The molecule has 3 aromatic heterocycles. The summed E-state index contributed by atoms with van der Waals surface area (Å²) in [5.41, 5.74) is 5.80. The first-order chi connectivity index (χ1) is 15.4. The Kier molecular flexibility index (Phi) is 8.26. The lowest BCUT2D eigenvalue weighted by Gasteiger charge is -2.27. The zero-order valence-electron chi connectivity index (χ0n) is 19.0. The molecule has 0 bridgehead atoms. The van der Waals surface area contributed by atoms with Crippen molar-refractivity contribution in [3.8, 4) is 10.7 Å². The van der Waals surface area contributed by atoms with Gasteiger partial charge in [0.05, 0.1) is 4.88 Å². The van der Waals surface area contributed by atoms with Crippen LogP contribution in [0.3, 0.4) is 0 Å². The lowest BCUT2D eigenvalue weighted by Crippen LogP contribution is -2.39. The van der Waals surface area contributed by atoms with E-state index >= 15 is 0 Å². The maximum Gasteiger partial charge on any atom is 0.330 e. The minimum Gasteiger partial charge on any atom is -0.383 e. The lowest BCUT2D eigenvalue weighted by atomic mass is 10.1. The fraction of sp³-hybridized carbons (Fsp3) is 0.545. The summed E-state index contributed by atoms with van der Waals surface area (Å²) >= 11 is 1.56. The summed E-state index contributed by atoms with van der Waals surface area (Å²) in [5, 5.41) is 6.02. The highest BCUT2D eigenvalue weighted by atomic mass is 32.1. The predicted molar refractivity (Wildman–Crippen MR) is 128 cm³/mol. The molecular weight excluding hydrogens is 428 g/mol. The number of nitrogens with one attached hydrogen (secondary N) is 1. The first kappa shape index (κ1) is 23.8. The molecule has 0 aromatic carbocycles. The van der Waals surface area contributed by atoms with Gasteiger partial charge < -0.3 is 15.2 Å². The molecular formula is C22H32N6O3S. The number of rotatable bonds is 12. The first-order valence-corrected chi connectivity index (χ1v) is 12.0. The fourth-order valence-corrected chi connectivity index (χ4v) is 4.10. The van der Waals surface area contributed by atoms with Crippen molar-refractivity contribution in [2.75, 3.05) is 23.7 Å². The Morgan fingerprint density at radius 2 is 2.09 bits per heavy atom. The van der Waals surface area contributed by atoms with E-state index in [2.05, 4.69) is 29.0 Å². The van der Waals surface area contributed by atoms with Crippen LogP contribution in [0.5, 0.6) is 0 Å². The molecule has 174 valence electrons. The zero-order chi connectivity index (χ0) is 23.1. The van der Waals surface area contributed by atoms with Crippen LogP contribution in [0.4, 0.5) is 11.5 Å². The number of aromatic nitrogens is 4. The number of aromatic amines is 1. The molecule has 0 saturated heterocycles. The number of unbranched alkanes of at least 4 members (excludes halogenated alkanes) is 1. The summed E-state index contributed by atoms with van der Waals surface area (Å²) in [4.78, 5) is 34.9. The van der Waals surface area contributed by atoms with Crippen LogP contribution >= 0.6 is 11.3 Å². The normalized spacial score (nSPS) is 11.4. The van der Waals surface area contributed by atoms with E-state index in [0.717, 1.165) is 24.1 Å². The van der Waals surface area contributed by atoms with Gasteiger partial charge in [-0.3, -0.25) is 14.3 Å². The Morgan fingerprint density at radius 3 is 2.78 bits per heavy atom. The van der Waals surface area contributed by atoms with E-state index in [4.69, 9.17) is 10.3 Å². The van der Waals surface area contributed by atoms with E-state index in [-0.39, 0.29) is 5.82 Å². The number of H-pyrrole nitrogens is 1. The van der Waals surface area contributed by atoms with E-state index in [1.54, 1.807) is 11.3 Å². The minimum atomic E-state index is -0.458. The molecule has 9 nitrogen and oxygen atoms in total. The second-order valence-electron chi connectivity index (χ2n) is 8.26. The van der Waals surface area contributed by atoms with Gasteiger partial charge in [-0.2, -0.15) is 4.98 Å². The lowest BCUT2D eigenvalue weighted by molar-refractivity contribution is 0.376. The van der Waals surface area contributed by atoms with E-state index < -0.39 is 11.2 Å². The number of nitrogens with two attached hydrogens (primary N) is 1. The Morgan fingerprint density at radius 1 is 1.28 bits per heavy atom. The van der Waals surface area contributed by atoms with Crippen LogP contribution in [0.25, 0.3) is 10.7 Å². The molecule has 0 amide bonds. The maximum atomic E-state index is 12.7. The number of nitrogen functional groups attached to an aromatic ring is 1. The van der Waals surface area contributed by atoms with Crippen LogP contribution in [0, 0.1) is 5.92 Å². The van der Waals surface area contributed by atoms with Crippen molar-refractivity contribution in [2.45, 2.75) is 59.4 Å². The summed E-state index contributed by atoms with van der Waals surface area (Å²) < 4.78 is 6.86. The van der Waals surface area contributed by atoms with Gasteiger partial charge in [-0.05, 0) is 36.6 Å². The van der Waals surface area contributed by atoms with Crippen LogP contribution in [0.2, 0.25) is 0 Å². The third-order valence-electron chi connectivity index (χ3n) is 5.27. The molecule has 0 fully saturated rings. The molecule has 3 rings (SSSR count). The molecule has 32 heavy (non-hydrogen) atoms. The van der Waals surface area contributed by atoms with E-state index in [1.807, 2.05) is 29.3 Å². The predicted octanol–water partition coefficient (Wildman–Crippen LogP) is 3.52. The van der Waals surface area contributed by atoms with Gasteiger partial charge in [-0.15, -0.1) is 11.3 Å². The van der Waals surface area contributed by atoms with Crippen molar-refractivity contribution in [3.63, 3.8) is 0 Å². The Balaban J connectivity index is 1.76. The van der Waals surface area contributed by atoms with Gasteiger partial charge in [0.25, 0.3) is 5.56 Å². The van der Waals surface area contributed by atoms with Crippen LogP contribution in [0.15, 0.2) is 31.6 Å². The van der Waals surface area contributed by atoms with Crippen LogP contribution < -0.4 is 21.9 Å². The average Bonchev–Trinajstić information content (AvgIpc) is 3.43. The van der Waals surface area contributed by atoms with Gasteiger partial charge in [0.2, 0.25) is 11.7 Å². The Labute approximate surface area is 191 Å². The monoisotopic (exact) mass is 460 g/mol. The van der Waals surface area contributed by atoms with Crippen molar-refractivity contribution >= 4 is 22.8 Å². The molecule has 0 saturated carbocycles. The largest absolute Gasteiger partial charge is 0.383 e. The van der Waals surface area contributed by atoms with Gasteiger partial charge in [-0.1, -0.05) is 38.4 Å². The van der Waals surface area contributed by atoms with Gasteiger partial charge in [0.15, 0.2) is 0 Å². The standard InChI is InChI=1S/C22H32N6O3S/c1-4-5-12-28-19(23)18(21(29)25-22(28)30)27(13-10-15(2)3)11-6-9-17-24-20(26-31-17)16-8-7-14-32-16/h7-8,14-15H,4-6,9-13,23H2,1-3H3,(H,25,29,30). The smallest absolute Gasteiger partial charge is 0.330 e. The second-order valence-corrected chi connectivity index (χ2v) is 9.21. The SMILES string of the molecule is CCCCn1c(N)c(N(CCCc2nc(-c3cccs3)no2)CCC(C)C)c(=O)[nH]c1=O. The highest BCUT2D eigenvalue weighted by Crippen LogP contribution is 2.22. The fourth-order valence-electron chi connectivity index (χ4n) is 3.45. The summed E-state index contributed by atoms with van der Waals surface area (Å²) in [7, 11) is 0. The van der Waals surface area contributed by atoms with Gasteiger partial charge in [-0.25, -0.2) is 4.79 Å². The minimum absolute atomic E-state index is 0.230. The van der Waals surface area contributed by atoms with Crippen LogP contribution in [-0.4, -0.2) is 32.8 Å². The zero-order valence-corrected chi connectivity index (χ0v) is 19.8. The second kappa shape index (κ2) is 11.1. The van der Waals surface area contributed by atoms with Crippen molar-refractivity contribution in [3.05, 3.63) is 44.2 Å². The van der Waals surface area contributed by atoms with Gasteiger partial charge in [0, 0.05) is 26.1 Å². The van der Waals surface area contributed by atoms with E-state index in [0.29, 0.717) is 55.8 Å². The average molecular weight is 461 g/mol. The topological polar surface area (TPSA) is 123 Å². The molecule has 3 aromatic rings. The maximum absolute atomic E-state index is 12.7. The Hall–Kier alpha value is -2.88. The third-order valence-corrected chi connectivity index (χ3v) is 6.14. The molecule has 0 unspecified atom stereocenters. The molecule has 0 spiro atoms. The number of hydrogen-bond acceptors (Lipinski definition) is 8. The molecule has 0 aliphatic rings. The molecule has 0 radical (unpaired) electrons. The van der Waals surface area contributed by atoms with Crippen molar-refractivity contribution in [2.24, 2.45) is 5.92 Å². The van der Waals surface area contributed by atoms with Crippen LogP contribution in [0.1, 0.15) is 52.3 Å². The highest BCUT2D eigenvalue weighted by Gasteiger charge is 2.19. The van der Waals surface area contributed by atoms with E-state index in [1.165, 1.54) is 4.57 Å². The number of aryl methyl sites for hydroxylation is 1. The summed E-state index contributed by atoms with van der Waals surface area (Å²) in [6, 6.07) is 3.90. The van der Waals surface area contributed by atoms with Crippen LogP contribution in [-0.2, 0) is 13.0 Å². The number of anilines is 2. The number of nitrogens with zero attached hydrogens (tertiary/aromatic N) is 4. The highest BCUT2D eigenvalue weighted by molar-refractivity contribution is 7.13.